The summed E-state index contributed by atoms with van der Waals surface area (Å²) < 4.78 is 5.28. The van der Waals surface area contributed by atoms with Crippen LogP contribution in [0.4, 0.5) is 5.69 Å². The van der Waals surface area contributed by atoms with E-state index in [0.29, 0.717) is 18.3 Å². The number of nitrogens with zero attached hydrogens (tertiary/aromatic N) is 4. The first-order valence-electron chi connectivity index (χ1n) is 9.06. The van der Waals surface area contributed by atoms with Crippen molar-refractivity contribution in [1.29, 1.82) is 0 Å². The van der Waals surface area contributed by atoms with Crippen molar-refractivity contribution in [3.05, 3.63) is 41.0 Å². The maximum absolute atomic E-state index is 12.4. The Kier molecular flexibility index (Phi) is 5.68. The van der Waals surface area contributed by atoms with Gasteiger partial charge in [-0.15, -0.1) is 0 Å². The molecule has 26 heavy (non-hydrogen) atoms. The maximum atomic E-state index is 12.4. The van der Waals surface area contributed by atoms with Crippen molar-refractivity contribution in [2.75, 3.05) is 38.0 Å². The van der Waals surface area contributed by atoms with Gasteiger partial charge in [-0.05, 0) is 38.8 Å². The minimum atomic E-state index is 0.0384. The van der Waals surface area contributed by atoms with Crippen LogP contribution in [0.25, 0.3) is 0 Å². The average molecular weight is 357 g/mol. The molecule has 1 aliphatic heterocycles. The summed E-state index contributed by atoms with van der Waals surface area (Å²) in [5.41, 5.74) is 3.11. The second kappa shape index (κ2) is 7.97. The lowest BCUT2D eigenvalue weighted by molar-refractivity contribution is -0.117. The van der Waals surface area contributed by atoms with E-state index in [0.717, 1.165) is 43.0 Å². The van der Waals surface area contributed by atoms with E-state index in [2.05, 4.69) is 32.2 Å². The van der Waals surface area contributed by atoms with Crippen molar-refractivity contribution in [2.45, 2.75) is 33.7 Å². The zero-order chi connectivity index (χ0) is 18.7. The summed E-state index contributed by atoms with van der Waals surface area (Å²) in [6.45, 7) is 11.8. The van der Waals surface area contributed by atoms with E-state index < -0.39 is 0 Å². The normalized spacial score (nSPS) is 17.2. The predicted molar refractivity (Wildman–Crippen MR) is 100 cm³/mol. The first kappa shape index (κ1) is 18.5. The largest absolute Gasteiger partial charge is 0.338 e. The zero-order valence-corrected chi connectivity index (χ0v) is 16.0. The third-order valence-corrected chi connectivity index (χ3v) is 4.97. The van der Waals surface area contributed by atoms with Gasteiger partial charge in [-0.25, -0.2) is 0 Å². The molecule has 1 N–H and O–H groups in total. The van der Waals surface area contributed by atoms with Crippen molar-refractivity contribution in [2.24, 2.45) is 0 Å². The standard InChI is InChI=1S/C19H27N5O2/c1-13-6-5-7-14(2)18(13)21-17(25)12-23-8-10-24(11-9-23)15(3)19-20-16(4)22-26-19/h5-7,15H,8-12H2,1-4H3,(H,21,25). The van der Waals surface area contributed by atoms with Crippen LogP contribution in [0.5, 0.6) is 0 Å². The van der Waals surface area contributed by atoms with E-state index in [1.54, 1.807) is 0 Å². The molecule has 0 bridgehead atoms. The highest BCUT2D eigenvalue weighted by atomic mass is 16.5. The Morgan fingerprint density at radius 3 is 2.42 bits per heavy atom. The summed E-state index contributed by atoms with van der Waals surface area (Å²) in [6.07, 6.45) is 0. The van der Waals surface area contributed by atoms with Crippen LogP contribution in [0.3, 0.4) is 0 Å². The zero-order valence-electron chi connectivity index (χ0n) is 16.0. The van der Waals surface area contributed by atoms with E-state index in [9.17, 15) is 4.79 Å². The minimum absolute atomic E-state index is 0.0384. The highest BCUT2D eigenvalue weighted by Crippen LogP contribution is 2.21. The Hall–Kier alpha value is -2.25. The van der Waals surface area contributed by atoms with Crippen LogP contribution in [-0.2, 0) is 4.79 Å². The van der Waals surface area contributed by atoms with Crippen LogP contribution < -0.4 is 5.32 Å². The summed E-state index contributed by atoms with van der Waals surface area (Å²) >= 11 is 0. The molecule has 0 aliphatic carbocycles. The third kappa shape index (κ3) is 4.28. The Morgan fingerprint density at radius 2 is 1.85 bits per heavy atom. The second-order valence-electron chi connectivity index (χ2n) is 6.98. The Balaban J connectivity index is 1.50. The summed E-state index contributed by atoms with van der Waals surface area (Å²) in [7, 11) is 0. The summed E-state index contributed by atoms with van der Waals surface area (Å²) in [5.74, 6) is 1.36. The summed E-state index contributed by atoms with van der Waals surface area (Å²) in [4.78, 5) is 21.2. The molecule has 3 rings (SSSR count). The van der Waals surface area contributed by atoms with Gasteiger partial charge in [0.25, 0.3) is 0 Å². The fraction of sp³-hybridized carbons (Fsp3) is 0.526. The number of piperazine rings is 1. The van der Waals surface area contributed by atoms with E-state index in [1.165, 1.54) is 0 Å². The lowest BCUT2D eigenvalue weighted by atomic mass is 10.1. The van der Waals surface area contributed by atoms with Crippen LogP contribution in [0.2, 0.25) is 0 Å². The number of rotatable bonds is 5. The van der Waals surface area contributed by atoms with Gasteiger partial charge in [0.1, 0.15) is 0 Å². The third-order valence-electron chi connectivity index (χ3n) is 4.97. The van der Waals surface area contributed by atoms with Gasteiger partial charge in [-0.3, -0.25) is 14.6 Å². The Bertz CT molecular complexity index is 745. The van der Waals surface area contributed by atoms with Gasteiger partial charge in [0, 0.05) is 31.9 Å². The summed E-state index contributed by atoms with van der Waals surface area (Å²) in [5, 5.41) is 6.93. The van der Waals surface area contributed by atoms with Crippen molar-refractivity contribution in [1.82, 2.24) is 19.9 Å². The van der Waals surface area contributed by atoms with E-state index in [1.807, 2.05) is 39.0 Å². The van der Waals surface area contributed by atoms with E-state index >= 15 is 0 Å². The highest BCUT2D eigenvalue weighted by molar-refractivity contribution is 5.93. The monoisotopic (exact) mass is 357 g/mol. The lowest BCUT2D eigenvalue weighted by Gasteiger charge is -2.36. The van der Waals surface area contributed by atoms with Gasteiger partial charge in [0.05, 0.1) is 12.6 Å². The van der Waals surface area contributed by atoms with Gasteiger partial charge in [-0.2, -0.15) is 4.98 Å². The highest BCUT2D eigenvalue weighted by Gasteiger charge is 2.26. The molecule has 1 aromatic heterocycles. The van der Waals surface area contributed by atoms with Crippen LogP contribution in [0, 0.1) is 20.8 Å². The molecule has 0 radical (unpaired) electrons. The number of benzene rings is 1. The molecule has 2 aromatic rings. The van der Waals surface area contributed by atoms with Crippen molar-refractivity contribution in [3.8, 4) is 0 Å². The topological polar surface area (TPSA) is 74.5 Å². The molecule has 0 spiro atoms. The molecule has 7 heteroatoms. The fourth-order valence-corrected chi connectivity index (χ4v) is 3.34. The first-order chi connectivity index (χ1) is 12.4. The smallest absolute Gasteiger partial charge is 0.243 e. The Labute approximate surface area is 154 Å². The number of amides is 1. The molecule has 7 nitrogen and oxygen atoms in total. The molecule has 2 heterocycles. The number of hydrogen-bond donors (Lipinski definition) is 1. The molecule has 1 saturated heterocycles. The van der Waals surface area contributed by atoms with E-state index in [-0.39, 0.29) is 11.9 Å². The molecule has 1 aromatic carbocycles. The number of nitrogens with one attached hydrogen (secondary N) is 1. The minimum Gasteiger partial charge on any atom is -0.338 e. The van der Waals surface area contributed by atoms with Gasteiger partial charge in [0.15, 0.2) is 5.82 Å². The summed E-state index contributed by atoms with van der Waals surface area (Å²) in [6, 6.07) is 6.14. The SMILES string of the molecule is Cc1noc(C(C)N2CCN(CC(=O)Nc3c(C)cccc3C)CC2)n1. The fourth-order valence-electron chi connectivity index (χ4n) is 3.34. The number of carbonyl (C=O) groups excluding carboxylic acids is 1. The van der Waals surface area contributed by atoms with Crippen molar-refractivity contribution < 1.29 is 9.32 Å². The number of anilines is 1. The van der Waals surface area contributed by atoms with Crippen LogP contribution in [0.1, 0.15) is 35.8 Å². The molecule has 0 saturated carbocycles. The van der Waals surface area contributed by atoms with Gasteiger partial charge in [0.2, 0.25) is 11.8 Å². The predicted octanol–water partition coefficient (Wildman–Crippen LogP) is 2.31. The first-order valence-corrected chi connectivity index (χ1v) is 9.06. The molecule has 1 aliphatic rings. The Morgan fingerprint density at radius 1 is 1.19 bits per heavy atom. The quantitative estimate of drug-likeness (QED) is 0.885. The number of aryl methyl sites for hydroxylation is 3. The van der Waals surface area contributed by atoms with Crippen LogP contribution in [0.15, 0.2) is 22.7 Å². The molecular weight excluding hydrogens is 330 g/mol. The van der Waals surface area contributed by atoms with E-state index in [4.69, 9.17) is 4.52 Å². The lowest BCUT2D eigenvalue weighted by Crippen LogP contribution is -2.49. The molecule has 1 unspecified atom stereocenters. The molecule has 1 fully saturated rings. The van der Waals surface area contributed by atoms with Gasteiger partial charge < -0.3 is 9.84 Å². The molecular formula is C19H27N5O2. The molecule has 1 atom stereocenters. The number of hydrogen-bond acceptors (Lipinski definition) is 6. The van der Waals surface area contributed by atoms with Gasteiger partial charge in [-0.1, -0.05) is 23.4 Å². The number of para-hydroxylation sites is 1. The molecule has 1 amide bonds. The average Bonchev–Trinajstić information content (AvgIpc) is 3.05. The second-order valence-corrected chi connectivity index (χ2v) is 6.98. The number of aromatic nitrogens is 2. The molecule has 140 valence electrons. The van der Waals surface area contributed by atoms with Gasteiger partial charge >= 0.3 is 0 Å². The van der Waals surface area contributed by atoms with Crippen LogP contribution in [-0.4, -0.2) is 58.6 Å². The maximum Gasteiger partial charge on any atom is 0.243 e. The van der Waals surface area contributed by atoms with Crippen molar-refractivity contribution >= 4 is 11.6 Å². The van der Waals surface area contributed by atoms with Crippen LogP contribution >= 0.6 is 0 Å². The van der Waals surface area contributed by atoms with Crippen molar-refractivity contribution in [3.63, 3.8) is 0 Å². The number of carbonyl (C=O) groups is 1.